The standard InChI is InChI=1S/C19H22N2O4S3/c1-3-20(15-9-10-28(24,25)12-15)17(22)13(2)21-18(23)16(27-19(21)26)11-14-7-5-4-6-8-14/h4-8,11,13,15H,3,9-10,12H2,1-2H3. The van der Waals surface area contributed by atoms with Gasteiger partial charge in [0.25, 0.3) is 5.91 Å². The van der Waals surface area contributed by atoms with Crippen molar-refractivity contribution in [3.05, 3.63) is 40.8 Å². The van der Waals surface area contributed by atoms with Gasteiger partial charge in [0, 0.05) is 12.6 Å². The summed E-state index contributed by atoms with van der Waals surface area (Å²) in [5.41, 5.74) is 0.883. The average Bonchev–Trinajstić information content (AvgIpc) is 3.14. The summed E-state index contributed by atoms with van der Waals surface area (Å²) < 4.78 is 23.9. The summed E-state index contributed by atoms with van der Waals surface area (Å²) in [6.07, 6.45) is 2.19. The summed E-state index contributed by atoms with van der Waals surface area (Å²) in [4.78, 5) is 29.3. The second-order valence-electron chi connectivity index (χ2n) is 6.82. The van der Waals surface area contributed by atoms with Crippen LogP contribution in [0.2, 0.25) is 0 Å². The number of rotatable bonds is 5. The third-order valence-corrected chi connectivity index (χ3v) is 8.02. The van der Waals surface area contributed by atoms with Crippen molar-refractivity contribution >= 4 is 56.0 Å². The predicted molar refractivity (Wildman–Crippen MR) is 115 cm³/mol. The van der Waals surface area contributed by atoms with Gasteiger partial charge in [-0.15, -0.1) is 0 Å². The van der Waals surface area contributed by atoms with E-state index in [0.29, 0.717) is 22.2 Å². The highest BCUT2D eigenvalue weighted by molar-refractivity contribution is 8.26. The molecule has 150 valence electrons. The van der Waals surface area contributed by atoms with Crippen molar-refractivity contribution in [2.75, 3.05) is 18.1 Å². The molecule has 0 N–H and O–H groups in total. The molecule has 6 nitrogen and oxygen atoms in total. The molecule has 2 saturated heterocycles. The Bertz CT molecular complexity index is 928. The lowest BCUT2D eigenvalue weighted by molar-refractivity contribution is -0.140. The van der Waals surface area contributed by atoms with E-state index in [1.807, 2.05) is 37.3 Å². The van der Waals surface area contributed by atoms with Gasteiger partial charge in [-0.3, -0.25) is 14.5 Å². The van der Waals surface area contributed by atoms with E-state index in [9.17, 15) is 18.0 Å². The van der Waals surface area contributed by atoms with Gasteiger partial charge in [0.1, 0.15) is 10.4 Å². The molecule has 0 aromatic heterocycles. The number of sulfone groups is 1. The number of hydrogen-bond donors (Lipinski definition) is 0. The van der Waals surface area contributed by atoms with Gasteiger partial charge in [-0.25, -0.2) is 8.42 Å². The van der Waals surface area contributed by atoms with Crippen molar-refractivity contribution < 1.29 is 18.0 Å². The van der Waals surface area contributed by atoms with Crippen LogP contribution in [0.5, 0.6) is 0 Å². The Morgan fingerprint density at radius 3 is 2.64 bits per heavy atom. The van der Waals surface area contributed by atoms with Gasteiger partial charge in [0.15, 0.2) is 9.84 Å². The summed E-state index contributed by atoms with van der Waals surface area (Å²) >= 11 is 6.54. The Morgan fingerprint density at radius 1 is 1.39 bits per heavy atom. The Morgan fingerprint density at radius 2 is 2.07 bits per heavy atom. The molecule has 0 spiro atoms. The van der Waals surface area contributed by atoms with E-state index in [0.717, 1.165) is 5.56 Å². The number of thiocarbonyl (C=S) groups is 1. The molecule has 0 saturated carbocycles. The first-order valence-corrected chi connectivity index (χ1v) is 12.1. The monoisotopic (exact) mass is 438 g/mol. The van der Waals surface area contributed by atoms with Crippen molar-refractivity contribution in [3.63, 3.8) is 0 Å². The molecule has 2 atom stereocenters. The van der Waals surface area contributed by atoms with Crippen LogP contribution in [-0.2, 0) is 19.4 Å². The molecule has 1 aromatic rings. The third-order valence-electron chi connectivity index (χ3n) is 4.94. The van der Waals surface area contributed by atoms with E-state index in [2.05, 4.69) is 0 Å². The molecule has 2 unspecified atom stereocenters. The molecule has 9 heteroatoms. The Balaban J connectivity index is 1.78. The molecule has 2 amide bonds. The maximum absolute atomic E-state index is 13.1. The Hall–Kier alpha value is -1.71. The summed E-state index contributed by atoms with van der Waals surface area (Å²) in [7, 11) is -3.11. The van der Waals surface area contributed by atoms with Crippen LogP contribution in [-0.4, -0.2) is 64.5 Å². The molecule has 1 aromatic carbocycles. The van der Waals surface area contributed by atoms with Gasteiger partial charge in [-0.05, 0) is 31.9 Å². The summed E-state index contributed by atoms with van der Waals surface area (Å²) in [5, 5.41) is 0. The summed E-state index contributed by atoms with van der Waals surface area (Å²) in [5.74, 6) is -0.501. The maximum atomic E-state index is 13.1. The minimum atomic E-state index is -3.11. The van der Waals surface area contributed by atoms with Crippen molar-refractivity contribution in [2.45, 2.75) is 32.4 Å². The molecule has 28 heavy (non-hydrogen) atoms. The lowest BCUT2D eigenvalue weighted by atomic mass is 10.1. The third kappa shape index (κ3) is 4.31. The highest BCUT2D eigenvalue weighted by Crippen LogP contribution is 2.34. The van der Waals surface area contributed by atoms with E-state index in [-0.39, 0.29) is 29.4 Å². The van der Waals surface area contributed by atoms with Gasteiger partial charge in [0.05, 0.1) is 16.4 Å². The second kappa shape index (κ2) is 8.34. The van der Waals surface area contributed by atoms with Gasteiger partial charge in [-0.2, -0.15) is 0 Å². The van der Waals surface area contributed by atoms with Crippen molar-refractivity contribution in [2.24, 2.45) is 0 Å². The number of thioether (sulfide) groups is 1. The number of likely N-dealkylation sites (N-methyl/N-ethyl adjacent to an activating group) is 1. The molecule has 2 aliphatic heterocycles. The van der Waals surface area contributed by atoms with Gasteiger partial charge >= 0.3 is 0 Å². The van der Waals surface area contributed by atoms with Crippen LogP contribution in [0.15, 0.2) is 35.2 Å². The molecule has 2 aliphatic rings. The topological polar surface area (TPSA) is 74.8 Å². The number of carbonyl (C=O) groups is 2. The van der Waals surface area contributed by atoms with Crippen LogP contribution in [0.4, 0.5) is 0 Å². The first-order chi connectivity index (χ1) is 13.2. The minimum Gasteiger partial charge on any atom is -0.337 e. The van der Waals surface area contributed by atoms with Gasteiger partial charge in [-0.1, -0.05) is 54.3 Å². The largest absolute Gasteiger partial charge is 0.337 e. The van der Waals surface area contributed by atoms with Gasteiger partial charge in [0.2, 0.25) is 5.91 Å². The van der Waals surface area contributed by atoms with Crippen molar-refractivity contribution in [3.8, 4) is 0 Å². The zero-order chi connectivity index (χ0) is 20.5. The maximum Gasteiger partial charge on any atom is 0.266 e. The first-order valence-electron chi connectivity index (χ1n) is 9.06. The molecule has 0 radical (unpaired) electrons. The highest BCUT2D eigenvalue weighted by Gasteiger charge is 2.42. The van der Waals surface area contributed by atoms with E-state index in [1.165, 1.54) is 16.7 Å². The minimum absolute atomic E-state index is 0.0222. The van der Waals surface area contributed by atoms with Crippen LogP contribution in [0, 0.1) is 0 Å². The van der Waals surface area contributed by atoms with Crippen LogP contribution < -0.4 is 0 Å². The van der Waals surface area contributed by atoms with E-state index in [4.69, 9.17) is 12.2 Å². The van der Waals surface area contributed by atoms with Crippen LogP contribution in [0.25, 0.3) is 6.08 Å². The van der Waals surface area contributed by atoms with Crippen molar-refractivity contribution in [1.29, 1.82) is 0 Å². The molecule has 0 bridgehead atoms. The number of hydrogen-bond acceptors (Lipinski definition) is 6. The van der Waals surface area contributed by atoms with E-state index in [1.54, 1.807) is 17.9 Å². The molecule has 2 heterocycles. The highest BCUT2D eigenvalue weighted by atomic mass is 32.2. The predicted octanol–water partition coefficient (Wildman–Crippen LogP) is 2.31. The number of benzene rings is 1. The molecular weight excluding hydrogens is 416 g/mol. The SMILES string of the molecule is CCN(C(=O)C(C)N1C(=O)C(=Cc2ccccc2)SC1=S)C1CCS(=O)(=O)C1. The van der Waals surface area contributed by atoms with Crippen molar-refractivity contribution in [1.82, 2.24) is 9.80 Å². The fourth-order valence-electron chi connectivity index (χ4n) is 3.48. The average molecular weight is 439 g/mol. The fourth-order valence-corrected chi connectivity index (χ4v) is 6.63. The van der Waals surface area contributed by atoms with E-state index >= 15 is 0 Å². The molecule has 3 rings (SSSR count). The zero-order valence-corrected chi connectivity index (χ0v) is 18.1. The van der Waals surface area contributed by atoms with E-state index < -0.39 is 15.9 Å². The van der Waals surface area contributed by atoms with Crippen LogP contribution in [0.1, 0.15) is 25.8 Å². The van der Waals surface area contributed by atoms with Crippen LogP contribution >= 0.6 is 24.0 Å². The number of amides is 2. The lowest BCUT2D eigenvalue weighted by Crippen LogP contribution is -2.52. The smallest absolute Gasteiger partial charge is 0.266 e. The zero-order valence-electron chi connectivity index (χ0n) is 15.7. The quantitative estimate of drug-likeness (QED) is 0.519. The van der Waals surface area contributed by atoms with Gasteiger partial charge < -0.3 is 4.90 Å². The second-order valence-corrected chi connectivity index (χ2v) is 10.7. The fraction of sp³-hybridized carbons (Fsp3) is 0.421. The normalized spacial score (nSPS) is 24.0. The number of nitrogens with zero attached hydrogens (tertiary/aromatic N) is 2. The summed E-state index contributed by atoms with van der Waals surface area (Å²) in [6, 6.07) is 8.31. The number of carbonyl (C=O) groups excluding carboxylic acids is 2. The molecule has 2 fully saturated rings. The van der Waals surface area contributed by atoms with Crippen LogP contribution in [0.3, 0.4) is 0 Å². The molecular formula is C19H22N2O4S3. The Kier molecular flexibility index (Phi) is 6.26. The summed E-state index contributed by atoms with van der Waals surface area (Å²) in [6.45, 7) is 3.85. The lowest BCUT2D eigenvalue weighted by Gasteiger charge is -2.32. The molecule has 0 aliphatic carbocycles. The Labute approximate surface area is 174 Å². The first kappa shape index (κ1) is 21.0.